The number of hydrogen-bond donors (Lipinski definition) is 1. The Morgan fingerprint density at radius 1 is 1.26 bits per heavy atom. The largest absolute Gasteiger partial charge is 0.354 e. The molecule has 1 N–H and O–H groups in total. The van der Waals surface area contributed by atoms with Crippen molar-refractivity contribution in [2.75, 3.05) is 20.1 Å². The zero-order chi connectivity index (χ0) is 14.5. The van der Waals surface area contributed by atoms with Gasteiger partial charge in [-0.05, 0) is 65.0 Å². The van der Waals surface area contributed by atoms with E-state index in [1.807, 2.05) is 20.8 Å². The third-order valence-corrected chi connectivity index (χ3v) is 4.62. The predicted octanol–water partition coefficient (Wildman–Crippen LogP) is 3.05. The van der Waals surface area contributed by atoms with E-state index in [2.05, 4.69) is 24.2 Å². The number of carbonyl (C=O) groups excluding carboxylic acids is 1. The number of amides is 1. The van der Waals surface area contributed by atoms with Crippen LogP contribution >= 0.6 is 0 Å². The normalized spacial score (nSPS) is 31.7. The quantitative estimate of drug-likeness (QED) is 0.741. The number of carbonyl (C=O) groups is 1. The predicted molar refractivity (Wildman–Crippen MR) is 81.1 cm³/mol. The topological polar surface area (TPSA) is 32.3 Å². The summed E-state index contributed by atoms with van der Waals surface area (Å²) >= 11 is 0. The average Bonchev–Trinajstić information content (AvgIpc) is 2.29. The van der Waals surface area contributed by atoms with E-state index in [-0.39, 0.29) is 5.54 Å². The summed E-state index contributed by atoms with van der Waals surface area (Å²) in [5.41, 5.74) is 0.645. The molecule has 1 heterocycles. The van der Waals surface area contributed by atoms with Crippen LogP contribution in [0.1, 0.15) is 59.8 Å². The van der Waals surface area contributed by atoms with Gasteiger partial charge in [-0.2, -0.15) is 0 Å². The fourth-order valence-electron chi connectivity index (χ4n) is 3.20. The minimum Gasteiger partial charge on any atom is -0.354 e. The lowest BCUT2D eigenvalue weighted by Gasteiger charge is -2.48. The lowest BCUT2D eigenvalue weighted by molar-refractivity contribution is -0.110. The number of fused-ring (bicyclic) bond motifs is 1. The van der Waals surface area contributed by atoms with Crippen molar-refractivity contribution in [1.29, 1.82) is 0 Å². The number of piperidine rings is 1. The number of likely N-dealkylation sites (tertiary alicyclic amines) is 1. The molecule has 3 nitrogen and oxygen atoms in total. The first kappa shape index (κ1) is 16.5. The van der Waals surface area contributed by atoms with Gasteiger partial charge in [0.25, 0.3) is 0 Å². The van der Waals surface area contributed by atoms with Crippen LogP contribution in [0.15, 0.2) is 0 Å². The highest BCUT2D eigenvalue weighted by atomic mass is 16.1. The number of hydrogen-bond acceptors (Lipinski definition) is 2. The van der Waals surface area contributed by atoms with Crippen molar-refractivity contribution in [3.8, 4) is 0 Å². The Bertz CT molecular complexity index is 285. The van der Waals surface area contributed by atoms with Crippen LogP contribution in [-0.4, -0.2) is 37.0 Å². The summed E-state index contributed by atoms with van der Waals surface area (Å²) in [7, 11) is 2.27. The van der Waals surface area contributed by atoms with E-state index in [0.29, 0.717) is 11.8 Å². The van der Waals surface area contributed by atoms with Crippen LogP contribution in [0.25, 0.3) is 0 Å². The molecular weight excluding hydrogens is 236 g/mol. The first-order valence-corrected chi connectivity index (χ1v) is 7.67. The number of rotatable bonds is 1. The summed E-state index contributed by atoms with van der Waals surface area (Å²) in [6, 6.07) is 0. The maximum Gasteiger partial charge on any atom is 0.207 e. The van der Waals surface area contributed by atoms with Crippen molar-refractivity contribution in [1.82, 2.24) is 10.2 Å². The van der Waals surface area contributed by atoms with Gasteiger partial charge in [0, 0.05) is 12.1 Å². The van der Waals surface area contributed by atoms with Gasteiger partial charge in [-0.1, -0.05) is 19.8 Å². The first-order chi connectivity index (χ1) is 8.77. The smallest absolute Gasteiger partial charge is 0.207 e. The van der Waals surface area contributed by atoms with E-state index in [4.69, 9.17) is 0 Å². The third kappa shape index (κ3) is 5.52. The molecule has 1 aliphatic heterocycles. The fourth-order valence-corrected chi connectivity index (χ4v) is 3.20. The van der Waals surface area contributed by atoms with Gasteiger partial charge in [-0.3, -0.25) is 4.79 Å². The summed E-state index contributed by atoms with van der Waals surface area (Å²) in [5, 5.41) is 2.60. The van der Waals surface area contributed by atoms with Crippen LogP contribution in [-0.2, 0) is 4.79 Å². The molecule has 1 saturated heterocycles. The van der Waals surface area contributed by atoms with Crippen molar-refractivity contribution >= 4 is 6.41 Å². The second kappa shape index (κ2) is 6.74. The van der Waals surface area contributed by atoms with Crippen molar-refractivity contribution in [2.45, 2.75) is 65.3 Å². The Kier molecular flexibility index (Phi) is 5.84. The van der Waals surface area contributed by atoms with Crippen molar-refractivity contribution in [2.24, 2.45) is 11.3 Å². The Morgan fingerprint density at radius 3 is 2.47 bits per heavy atom. The Labute approximate surface area is 119 Å². The Hall–Kier alpha value is -0.570. The maximum absolute atomic E-state index is 9.71. The summed E-state index contributed by atoms with van der Waals surface area (Å²) in [5.74, 6) is 1.00. The molecule has 0 bridgehead atoms. The molecule has 2 aliphatic rings. The Balaban J connectivity index is 0.000000224. The lowest BCUT2D eigenvalue weighted by atomic mass is 9.64. The molecule has 1 amide bonds. The van der Waals surface area contributed by atoms with Crippen LogP contribution < -0.4 is 5.32 Å². The molecule has 112 valence electrons. The minimum absolute atomic E-state index is 0.0677. The summed E-state index contributed by atoms with van der Waals surface area (Å²) < 4.78 is 0. The molecule has 0 aromatic carbocycles. The molecule has 0 radical (unpaired) electrons. The molecule has 2 rings (SSSR count). The molecule has 1 aliphatic carbocycles. The molecule has 19 heavy (non-hydrogen) atoms. The van der Waals surface area contributed by atoms with Crippen LogP contribution in [0.3, 0.4) is 0 Å². The van der Waals surface area contributed by atoms with E-state index in [0.717, 1.165) is 5.92 Å². The van der Waals surface area contributed by atoms with Crippen LogP contribution in [0.5, 0.6) is 0 Å². The van der Waals surface area contributed by atoms with Gasteiger partial charge in [0.05, 0.1) is 0 Å². The highest BCUT2D eigenvalue weighted by Gasteiger charge is 2.39. The van der Waals surface area contributed by atoms with Gasteiger partial charge in [0.15, 0.2) is 0 Å². The van der Waals surface area contributed by atoms with Crippen molar-refractivity contribution in [3.05, 3.63) is 0 Å². The van der Waals surface area contributed by atoms with Crippen LogP contribution in [0.4, 0.5) is 0 Å². The number of nitrogens with zero attached hydrogens (tertiary/aromatic N) is 1. The highest BCUT2D eigenvalue weighted by Crippen LogP contribution is 2.46. The van der Waals surface area contributed by atoms with Crippen molar-refractivity contribution < 1.29 is 4.79 Å². The zero-order valence-electron chi connectivity index (χ0n) is 13.5. The molecular formula is C16H32N2O. The van der Waals surface area contributed by atoms with E-state index >= 15 is 0 Å². The molecule has 1 saturated carbocycles. The standard InChI is InChI=1S/C11H21N.C5H11NO/c1-11-6-4-3-5-10(11)9-12(2)8-7-11;1-5(2,3)6-4-7/h10H,3-9H2,1-2H3;4H,1-3H3,(H,6,7)/t10-,11+;/m1./s1. The van der Waals surface area contributed by atoms with E-state index in [1.54, 1.807) is 0 Å². The van der Waals surface area contributed by atoms with Crippen LogP contribution in [0, 0.1) is 11.3 Å². The van der Waals surface area contributed by atoms with E-state index in [1.165, 1.54) is 45.2 Å². The van der Waals surface area contributed by atoms with Crippen LogP contribution in [0.2, 0.25) is 0 Å². The second-order valence-electron chi connectivity index (χ2n) is 7.62. The summed E-state index contributed by atoms with van der Waals surface area (Å²) in [6.07, 6.45) is 8.09. The molecule has 2 atom stereocenters. The van der Waals surface area contributed by atoms with Gasteiger partial charge in [0.1, 0.15) is 0 Å². The molecule has 2 fully saturated rings. The zero-order valence-corrected chi connectivity index (χ0v) is 13.5. The van der Waals surface area contributed by atoms with E-state index in [9.17, 15) is 4.79 Å². The second-order valence-corrected chi connectivity index (χ2v) is 7.62. The minimum atomic E-state index is -0.0677. The average molecular weight is 268 g/mol. The van der Waals surface area contributed by atoms with Crippen molar-refractivity contribution in [3.63, 3.8) is 0 Å². The first-order valence-electron chi connectivity index (χ1n) is 7.67. The molecule has 3 heteroatoms. The molecule has 0 aromatic rings. The SMILES string of the molecule is CC(C)(C)NC=O.CN1CC[C@]2(C)CCCC[C@@H]2C1. The summed E-state index contributed by atoms with van der Waals surface area (Å²) in [4.78, 5) is 12.2. The van der Waals surface area contributed by atoms with Gasteiger partial charge in [-0.15, -0.1) is 0 Å². The highest BCUT2D eigenvalue weighted by molar-refractivity contribution is 5.47. The maximum atomic E-state index is 9.71. The molecule has 0 spiro atoms. The Morgan fingerprint density at radius 2 is 1.95 bits per heavy atom. The molecule has 0 aromatic heterocycles. The number of nitrogens with one attached hydrogen (secondary N) is 1. The summed E-state index contributed by atoms with van der Waals surface area (Å²) in [6.45, 7) is 11.0. The molecule has 0 unspecified atom stereocenters. The lowest BCUT2D eigenvalue weighted by Crippen LogP contribution is -2.45. The van der Waals surface area contributed by atoms with Gasteiger partial charge in [0.2, 0.25) is 6.41 Å². The van der Waals surface area contributed by atoms with E-state index < -0.39 is 0 Å². The third-order valence-electron chi connectivity index (χ3n) is 4.62. The monoisotopic (exact) mass is 268 g/mol. The van der Waals surface area contributed by atoms with Gasteiger partial charge in [-0.25, -0.2) is 0 Å². The van der Waals surface area contributed by atoms with Gasteiger partial charge >= 0.3 is 0 Å². The fraction of sp³-hybridized carbons (Fsp3) is 0.938. The van der Waals surface area contributed by atoms with Gasteiger partial charge < -0.3 is 10.2 Å².